The van der Waals surface area contributed by atoms with Gasteiger partial charge in [-0.15, -0.1) is 0 Å². The molecule has 19 heavy (non-hydrogen) atoms. The van der Waals surface area contributed by atoms with Crippen molar-refractivity contribution in [3.8, 4) is 0 Å². The standard InChI is InChI=1S/C14H18N2O3/c1-3-14(4-2)8-15-11-7-9(12(17)18)5-6-10(11)16-13(14)19/h5-7,15H,3-4,8H2,1-2H3,(H,16,19)(H,17,18). The predicted octanol–water partition coefficient (Wildman–Crippen LogP) is 2.56. The van der Waals surface area contributed by atoms with E-state index in [9.17, 15) is 9.59 Å². The number of hydrogen-bond donors (Lipinski definition) is 3. The molecule has 1 aliphatic rings. The van der Waals surface area contributed by atoms with Crippen LogP contribution in [0.15, 0.2) is 18.2 Å². The minimum atomic E-state index is -0.975. The third-order valence-electron chi connectivity index (χ3n) is 3.97. The summed E-state index contributed by atoms with van der Waals surface area (Å²) < 4.78 is 0. The van der Waals surface area contributed by atoms with Crippen LogP contribution in [0.3, 0.4) is 0 Å². The molecule has 1 heterocycles. The summed E-state index contributed by atoms with van der Waals surface area (Å²) in [6.07, 6.45) is 1.48. The van der Waals surface area contributed by atoms with E-state index in [4.69, 9.17) is 5.11 Å². The molecule has 0 saturated carbocycles. The van der Waals surface area contributed by atoms with Gasteiger partial charge in [-0.05, 0) is 31.0 Å². The quantitative estimate of drug-likeness (QED) is 0.782. The van der Waals surface area contributed by atoms with Crippen molar-refractivity contribution in [1.29, 1.82) is 0 Å². The minimum Gasteiger partial charge on any atom is -0.478 e. The topological polar surface area (TPSA) is 78.4 Å². The maximum Gasteiger partial charge on any atom is 0.335 e. The van der Waals surface area contributed by atoms with Gasteiger partial charge >= 0.3 is 5.97 Å². The van der Waals surface area contributed by atoms with E-state index in [1.165, 1.54) is 6.07 Å². The lowest BCUT2D eigenvalue weighted by Crippen LogP contribution is -2.39. The average molecular weight is 262 g/mol. The molecule has 5 heteroatoms. The lowest BCUT2D eigenvalue weighted by Gasteiger charge is -2.27. The van der Waals surface area contributed by atoms with Crippen molar-refractivity contribution in [1.82, 2.24) is 0 Å². The van der Waals surface area contributed by atoms with Crippen molar-refractivity contribution in [2.75, 3.05) is 17.2 Å². The predicted molar refractivity (Wildman–Crippen MR) is 73.5 cm³/mol. The number of amides is 1. The maximum atomic E-state index is 12.3. The molecule has 1 aliphatic heterocycles. The van der Waals surface area contributed by atoms with E-state index in [2.05, 4.69) is 10.6 Å². The van der Waals surface area contributed by atoms with Gasteiger partial charge in [-0.3, -0.25) is 4.79 Å². The molecule has 0 bridgehead atoms. The van der Waals surface area contributed by atoms with Gasteiger partial charge < -0.3 is 15.7 Å². The summed E-state index contributed by atoms with van der Waals surface area (Å²) in [6.45, 7) is 4.49. The molecular weight excluding hydrogens is 244 g/mol. The molecular formula is C14H18N2O3. The molecule has 5 nitrogen and oxygen atoms in total. The van der Waals surface area contributed by atoms with Gasteiger partial charge in [0.15, 0.2) is 0 Å². The number of aromatic carboxylic acids is 1. The molecule has 0 saturated heterocycles. The highest BCUT2D eigenvalue weighted by atomic mass is 16.4. The summed E-state index contributed by atoms with van der Waals surface area (Å²) in [4.78, 5) is 23.3. The Balaban J connectivity index is 2.38. The van der Waals surface area contributed by atoms with Crippen molar-refractivity contribution in [3.05, 3.63) is 23.8 Å². The molecule has 0 aromatic heterocycles. The van der Waals surface area contributed by atoms with Crippen LogP contribution in [0.2, 0.25) is 0 Å². The van der Waals surface area contributed by atoms with Crippen molar-refractivity contribution < 1.29 is 14.7 Å². The van der Waals surface area contributed by atoms with Gasteiger partial charge in [0, 0.05) is 6.54 Å². The summed E-state index contributed by atoms with van der Waals surface area (Å²) in [5.74, 6) is -0.982. The highest BCUT2D eigenvalue weighted by Gasteiger charge is 2.37. The first kappa shape index (κ1) is 13.4. The Hall–Kier alpha value is -2.04. The third-order valence-corrected chi connectivity index (χ3v) is 3.97. The molecule has 0 spiro atoms. The van der Waals surface area contributed by atoms with Crippen molar-refractivity contribution in [2.45, 2.75) is 26.7 Å². The van der Waals surface area contributed by atoms with E-state index in [0.717, 1.165) is 12.8 Å². The minimum absolute atomic E-state index is 0.00757. The zero-order chi connectivity index (χ0) is 14.0. The van der Waals surface area contributed by atoms with Crippen LogP contribution in [0.4, 0.5) is 11.4 Å². The average Bonchev–Trinajstić information content (AvgIpc) is 2.54. The number of carboxylic acids is 1. The highest BCUT2D eigenvalue weighted by Crippen LogP contribution is 2.35. The van der Waals surface area contributed by atoms with E-state index in [1.54, 1.807) is 12.1 Å². The largest absolute Gasteiger partial charge is 0.478 e. The Labute approximate surface area is 112 Å². The van der Waals surface area contributed by atoms with E-state index in [1.807, 2.05) is 13.8 Å². The van der Waals surface area contributed by atoms with Crippen LogP contribution in [0.25, 0.3) is 0 Å². The first-order valence-electron chi connectivity index (χ1n) is 6.45. The summed E-state index contributed by atoms with van der Waals surface area (Å²) >= 11 is 0. The molecule has 0 unspecified atom stereocenters. The number of nitrogens with one attached hydrogen (secondary N) is 2. The van der Waals surface area contributed by atoms with Gasteiger partial charge in [-0.1, -0.05) is 13.8 Å². The van der Waals surface area contributed by atoms with E-state index in [-0.39, 0.29) is 11.5 Å². The lowest BCUT2D eigenvalue weighted by molar-refractivity contribution is -0.125. The van der Waals surface area contributed by atoms with Crippen molar-refractivity contribution >= 4 is 23.3 Å². The van der Waals surface area contributed by atoms with E-state index >= 15 is 0 Å². The Morgan fingerprint density at radius 3 is 2.58 bits per heavy atom. The first-order valence-corrected chi connectivity index (χ1v) is 6.45. The summed E-state index contributed by atoms with van der Waals surface area (Å²) in [7, 11) is 0. The molecule has 3 N–H and O–H groups in total. The van der Waals surface area contributed by atoms with Gasteiger partial charge in [-0.2, -0.15) is 0 Å². The van der Waals surface area contributed by atoms with Gasteiger partial charge in [0.05, 0.1) is 22.4 Å². The number of carboxylic acid groups (broad SMARTS) is 1. The lowest BCUT2D eigenvalue weighted by atomic mass is 9.81. The summed E-state index contributed by atoms with van der Waals surface area (Å²) in [5.41, 5.74) is 1.07. The van der Waals surface area contributed by atoms with E-state index in [0.29, 0.717) is 17.9 Å². The smallest absolute Gasteiger partial charge is 0.335 e. The number of carbonyl (C=O) groups excluding carboxylic acids is 1. The molecule has 0 radical (unpaired) electrons. The SMILES string of the molecule is CCC1(CC)CNc2cc(C(=O)O)ccc2NC1=O. The number of anilines is 2. The van der Waals surface area contributed by atoms with Crippen molar-refractivity contribution in [2.24, 2.45) is 5.41 Å². The molecule has 0 fully saturated rings. The van der Waals surface area contributed by atoms with Crippen LogP contribution >= 0.6 is 0 Å². The zero-order valence-electron chi connectivity index (χ0n) is 11.1. The molecule has 2 rings (SSSR count). The fourth-order valence-electron chi connectivity index (χ4n) is 2.35. The molecule has 1 amide bonds. The van der Waals surface area contributed by atoms with Crippen LogP contribution in [-0.4, -0.2) is 23.5 Å². The monoisotopic (exact) mass is 262 g/mol. The summed E-state index contributed by atoms with van der Waals surface area (Å²) in [6, 6.07) is 4.68. The van der Waals surface area contributed by atoms with Crippen LogP contribution in [0, 0.1) is 5.41 Å². The second-order valence-corrected chi connectivity index (χ2v) is 4.86. The number of carbonyl (C=O) groups is 2. The normalized spacial score (nSPS) is 16.8. The molecule has 1 aromatic rings. The molecule has 102 valence electrons. The Kier molecular flexibility index (Phi) is 3.46. The number of fused-ring (bicyclic) bond motifs is 1. The fourth-order valence-corrected chi connectivity index (χ4v) is 2.35. The second-order valence-electron chi connectivity index (χ2n) is 4.86. The van der Waals surface area contributed by atoms with Crippen molar-refractivity contribution in [3.63, 3.8) is 0 Å². The molecule has 1 aromatic carbocycles. The van der Waals surface area contributed by atoms with Gasteiger partial charge in [-0.25, -0.2) is 4.79 Å². The molecule has 0 atom stereocenters. The maximum absolute atomic E-state index is 12.3. The Morgan fingerprint density at radius 1 is 1.32 bits per heavy atom. The van der Waals surface area contributed by atoms with Crippen LogP contribution in [0.5, 0.6) is 0 Å². The van der Waals surface area contributed by atoms with Crippen LogP contribution < -0.4 is 10.6 Å². The number of hydrogen-bond acceptors (Lipinski definition) is 3. The van der Waals surface area contributed by atoms with Crippen LogP contribution in [0.1, 0.15) is 37.0 Å². The van der Waals surface area contributed by atoms with Crippen LogP contribution in [-0.2, 0) is 4.79 Å². The van der Waals surface area contributed by atoms with Gasteiger partial charge in [0.25, 0.3) is 0 Å². The van der Waals surface area contributed by atoms with Gasteiger partial charge in [0.1, 0.15) is 0 Å². The highest BCUT2D eigenvalue weighted by molar-refractivity contribution is 6.01. The second kappa shape index (κ2) is 4.91. The third kappa shape index (κ3) is 2.28. The fraction of sp³-hybridized carbons (Fsp3) is 0.429. The Morgan fingerprint density at radius 2 is 2.00 bits per heavy atom. The Bertz CT molecular complexity index is 521. The zero-order valence-corrected chi connectivity index (χ0v) is 11.1. The van der Waals surface area contributed by atoms with E-state index < -0.39 is 11.4 Å². The number of benzene rings is 1. The first-order chi connectivity index (χ1) is 9.02. The summed E-state index contributed by atoms with van der Waals surface area (Å²) in [5, 5.41) is 15.1. The molecule has 0 aliphatic carbocycles. The number of rotatable bonds is 3. The van der Waals surface area contributed by atoms with Gasteiger partial charge in [0.2, 0.25) is 5.91 Å².